The van der Waals surface area contributed by atoms with Gasteiger partial charge in [-0.05, 0) is 35.0 Å². The van der Waals surface area contributed by atoms with Crippen LogP contribution in [0.5, 0.6) is 0 Å². The van der Waals surface area contributed by atoms with Gasteiger partial charge in [-0.3, -0.25) is 0 Å². The molecule has 1 aromatic heterocycles. The third kappa shape index (κ3) is 1.62. The minimum atomic E-state index is 0.619. The van der Waals surface area contributed by atoms with Crippen molar-refractivity contribution in [2.24, 2.45) is 0 Å². The minimum absolute atomic E-state index is 0.619. The van der Waals surface area contributed by atoms with E-state index in [1.807, 2.05) is 37.3 Å². The lowest BCUT2D eigenvalue weighted by molar-refractivity contribution is 0.835. The molecule has 0 bridgehead atoms. The van der Waals surface area contributed by atoms with E-state index < -0.39 is 0 Å². The number of benzene rings is 1. The molecule has 1 heterocycles. The number of rotatable bonds is 1. The van der Waals surface area contributed by atoms with Crippen molar-refractivity contribution >= 4 is 15.9 Å². The van der Waals surface area contributed by atoms with E-state index in [0.29, 0.717) is 4.73 Å². The Labute approximate surface area is 84.5 Å². The van der Waals surface area contributed by atoms with Crippen LogP contribution in [0.1, 0.15) is 5.82 Å². The smallest absolute Gasteiger partial charge is 0.217 e. The summed E-state index contributed by atoms with van der Waals surface area (Å²) in [5.41, 5.74) is 1.03. The van der Waals surface area contributed by atoms with Crippen LogP contribution < -0.4 is 0 Å². The average molecular weight is 238 g/mol. The fourth-order valence-electron chi connectivity index (χ4n) is 1.17. The summed E-state index contributed by atoms with van der Waals surface area (Å²) in [6.07, 6.45) is 0. The van der Waals surface area contributed by atoms with Crippen molar-refractivity contribution in [3.63, 3.8) is 0 Å². The van der Waals surface area contributed by atoms with Crippen molar-refractivity contribution in [3.05, 3.63) is 40.9 Å². The molecule has 66 valence electrons. The van der Waals surface area contributed by atoms with Gasteiger partial charge in [-0.2, -0.15) is 0 Å². The molecular weight excluding hydrogens is 230 g/mol. The van der Waals surface area contributed by atoms with Crippen molar-refractivity contribution in [1.29, 1.82) is 0 Å². The Hall–Kier alpha value is -1.16. The van der Waals surface area contributed by atoms with Gasteiger partial charge in [0.1, 0.15) is 5.82 Å². The highest BCUT2D eigenvalue weighted by atomic mass is 79.9. The Balaban J connectivity index is 2.53. The summed E-state index contributed by atoms with van der Waals surface area (Å²) < 4.78 is 2.42. The molecule has 13 heavy (non-hydrogen) atoms. The van der Waals surface area contributed by atoms with E-state index in [0.717, 1.165) is 11.5 Å². The summed E-state index contributed by atoms with van der Waals surface area (Å²) in [5.74, 6) is 0.873. The molecule has 0 aliphatic rings. The van der Waals surface area contributed by atoms with Gasteiger partial charge in [-0.15, -0.1) is 5.10 Å². The summed E-state index contributed by atoms with van der Waals surface area (Å²) in [5, 5.41) is 4.20. The number of aryl methyl sites for hydroxylation is 1. The van der Waals surface area contributed by atoms with Crippen LogP contribution in [0.4, 0.5) is 0 Å². The van der Waals surface area contributed by atoms with Gasteiger partial charge < -0.3 is 0 Å². The van der Waals surface area contributed by atoms with Gasteiger partial charge in [-0.1, -0.05) is 18.2 Å². The third-order valence-corrected chi connectivity index (χ3v) is 2.08. The number of halogens is 1. The lowest BCUT2D eigenvalue weighted by Gasteiger charge is -2.00. The largest absolute Gasteiger partial charge is 0.217 e. The Kier molecular flexibility index (Phi) is 2.14. The van der Waals surface area contributed by atoms with E-state index in [4.69, 9.17) is 0 Å². The minimum Gasteiger partial charge on any atom is -0.217 e. The van der Waals surface area contributed by atoms with Crippen molar-refractivity contribution in [1.82, 2.24) is 14.8 Å². The molecule has 3 nitrogen and oxygen atoms in total. The van der Waals surface area contributed by atoms with E-state index in [1.165, 1.54) is 0 Å². The summed E-state index contributed by atoms with van der Waals surface area (Å²) in [6.45, 7) is 1.92. The molecule has 0 saturated heterocycles. The second-order valence-electron chi connectivity index (χ2n) is 2.68. The van der Waals surface area contributed by atoms with Crippen LogP contribution in [0.15, 0.2) is 35.1 Å². The third-order valence-electron chi connectivity index (χ3n) is 1.74. The zero-order valence-corrected chi connectivity index (χ0v) is 8.69. The van der Waals surface area contributed by atoms with Gasteiger partial charge in [0.05, 0.1) is 5.69 Å². The van der Waals surface area contributed by atoms with Crippen LogP contribution in [0.2, 0.25) is 0 Å². The highest BCUT2D eigenvalue weighted by Gasteiger charge is 2.03. The maximum absolute atomic E-state index is 4.20. The zero-order valence-electron chi connectivity index (χ0n) is 7.11. The van der Waals surface area contributed by atoms with E-state index in [9.17, 15) is 0 Å². The first kappa shape index (κ1) is 8.44. The molecule has 1 aromatic carbocycles. The number of nitrogens with zero attached hydrogens (tertiary/aromatic N) is 3. The molecule has 0 aliphatic heterocycles. The van der Waals surface area contributed by atoms with E-state index in [2.05, 4.69) is 26.0 Å². The van der Waals surface area contributed by atoms with Crippen molar-refractivity contribution in [2.45, 2.75) is 6.92 Å². The second-order valence-corrected chi connectivity index (χ2v) is 3.38. The SMILES string of the molecule is Cc1nc(Br)nn1-c1ccccc1. The summed E-state index contributed by atoms with van der Waals surface area (Å²) in [7, 11) is 0. The Bertz CT molecular complexity index is 408. The molecule has 0 amide bonds. The molecule has 2 aromatic rings. The van der Waals surface area contributed by atoms with E-state index in [1.54, 1.807) is 4.68 Å². The highest BCUT2D eigenvalue weighted by molar-refractivity contribution is 9.10. The molecule has 0 aliphatic carbocycles. The number of para-hydroxylation sites is 1. The van der Waals surface area contributed by atoms with Gasteiger partial charge in [0.2, 0.25) is 4.73 Å². The van der Waals surface area contributed by atoms with Gasteiger partial charge in [-0.25, -0.2) is 9.67 Å². The first-order chi connectivity index (χ1) is 6.27. The maximum Gasteiger partial charge on any atom is 0.217 e. The molecule has 0 radical (unpaired) electrons. The van der Waals surface area contributed by atoms with Crippen LogP contribution in [-0.2, 0) is 0 Å². The Morgan fingerprint density at radius 3 is 2.46 bits per heavy atom. The zero-order chi connectivity index (χ0) is 9.26. The van der Waals surface area contributed by atoms with Crippen molar-refractivity contribution in [2.75, 3.05) is 0 Å². The average Bonchev–Trinajstić information content (AvgIpc) is 2.47. The van der Waals surface area contributed by atoms with Crippen LogP contribution in [0.3, 0.4) is 0 Å². The number of aromatic nitrogens is 3. The first-order valence-electron chi connectivity index (χ1n) is 3.92. The van der Waals surface area contributed by atoms with Crippen LogP contribution >= 0.6 is 15.9 Å². The Morgan fingerprint density at radius 2 is 1.92 bits per heavy atom. The quantitative estimate of drug-likeness (QED) is 0.763. The first-order valence-corrected chi connectivity index (χ1v) is 4.71. The normalized spacial score (nSPS) is 10.3. The monoisotopic (exact) mass is 237 g/mol. The van der Waals surface area contributed by atoms with Crippen molar-refractivity contribution in [3.8, 4) is 5.69 Å². The standard InChI is InChI=1S/C9H8BrN3/c1-7-11-9(10)12-13(7)8-5-3-2-4-6-8/h2-6H,1H3. The summed E-state index contributed by atoms with van der Waals surface area (Å²) in [4.78, 5) is 4.16. The summed E-state index contributed by atoms with van der Waals surface area (Å²) >= 11 is 3.24. The predicted molar refractivity (Wildman–Crippen MR) is 53.8 cm³/mol. The Morgan fingerprint density at radius 1 is 1.23 bits per heavy atom. The molecule has 0 saturated carbocycles. The van der Waals surface area contributed by atoms with E-state index >= 15 is 0 Å². The van der Waals surface area contributed by atoms with Crippen molar-refractivity contribution < 1.29 is 0 Å². The molecule has 0 fully saturated rings. The fraction of sp³-hybridized carbons (Fsp3) is 0.111. The second kappa shape index (κ2) is 3.30. The van der Waals surface area contributed by atoms with Crippen LogP contribution in [0, 0.1) is 6.92 Å². The molecule has 0 spiro atoms. The predicted octanol–water partition coefficient (Wildman–Crippen LogP) is 2.34. The van der Waals surface area contributed by atoms with E-state index in [-0.39, 0.29) is 0 Å². The van der Waals surface area contributed by atoms with Gasteiger partial charge in [0.25, 0.3) is 0 Å². The molecule has 0 atom stereocenters. The lowest BCUT2D eigenvalue weighted by atomic mass is 10.3. The summed E-state index contributed by atoms with van der Waals surface area (Å²) in [6, 6.07) is 9.92. The van der Waals surface area contributed by atoms with Crippen LogP contribution in [0.25, 0.3) is 5.69 Å². The number of hydrogen-bond donors (Lipinski definition) is 0. The molecule has 2 rings (SSSR count). The molecular formula is C9H8BrN3. The molecule has 0 N–H and O–H groups in total. The molecule has 0 unspecified atom stereocenters. The van der Waals surface area contributed by atoms with Gasteiger partial charge >= 0.3 is 0 Å². The topological polar surface area (TPSA) is 30.7 Å². The number of hydrogen-bond acceptors (Lipinski definition) is 2. The molecule has 4 heteroatoms. The van der Waals surface area contributed by atoms with Gasteiger partial charge in [0.15, 0.2) is 0 Å². The fourth-order valence-corrected chi connectivity index (χ4v) is 1.59. The maximum atomic E-state index is 4.20. The lowest BCUT2D eigenvalue weighted by Crippen LogP contribution is -1.98. The van der Waals surface area contributed by atoms with Gasteiger partial charge in [0, 0.05) is 0 Å². The van der Waals surface area contributed by atoms with Crippen LogP contribution in [-0.4, -0.2) is 14.8 Å². The highest BCUT2D eigenvalue weighted by Crippen LogP contribution is 2.11.